The number of furan rings is 1. The summed E-state index contributed by atoms with van der Waals surface area (Å²) < 4.78 is 6.43. The number of fused-ring (bicyclic) bond motifs is 4. The molecule has 0 saturated carbocycles. The Balaban J connectivity index is 1.17. The van der Waals surface area contributed by atoms with Gasteiger partial charge in [-0.1, -0.05) is 127 Å². The maximum Gasteiger partial charge on any atom is 0.164 e. The molecule has 2 aliphatic rings. The molecule has 2 aromatic heterocycles. The van der Waals surface area contributed by atoms with Crippen molar-refractivity contribution in [1.82, 2.24) is 15.0 Å². The highest BCUT2D eigenvalue weighted by molar-refractivity contribution is 6.17. The van der Waals surface area contributed by atoms with Crippen molar-refractivity contribution in [2.75, 3.05) is 0 Å². The van der Waals surface area contributed by atoms with E-state index in [1.54, 1.807) is 0 Å². The van der Waals surface area contributed by atoms with E-state index in [1.807, 2.05) is 42.5 Å². The molecule has 0 fully saturated rings. The SMILES string of the molecule is C1=Cc2cc(C3=CCC(c4nc(-c5ccccc5)nc(-c5cccc6oc7cccc(-c8ccccc8)c7c56)n4)C=C3)ccc2CC1. The molecule has 4 heteroatoms. The molecule has 4 nitrogen and oxygen atoms in total. The summed E-state index contributed by atoms with van der Waals surface area (Å²) in [6.45, 7) is 0. The predicted molar refractivity (Wildman–Crippen MR) is 192 cm³/mol. The fraction of sp³-hybridized carbons (Fsp3) is 0.0930. The number of rotatable bonds is 5. The van der Waals surface area contributed by atoms with Crippen LogP contribution in [0, 0.1) is 0 Å². The molecule has 1 unspecified atom stereocenters. The van der Waals surface area contributed by atoms with Crippen LogP contribution in [0.1, 0.15) is 41.3 Å². The van der Waals surface area contributed by atoms with Gasteiger partial charge in [-0.15, -0.1) is 0 Å². The summed E-state index contributed by atoms with van der Waals surface area (Å²) in [5.41, 5.74) is 11.1. The Bertz CT molecular complexity index is 2380. The van der Waals surface area contributed by atoms with E-state index in [-0.39, 0.29) is 5.92 Å². The molecule has 0 N–H and O–H groups in total. The lowest BCUT2D eigenvalue weighted by Crippen LogP contribution is -2.08. The van der Waals surface area contributed by atoms with Gasteiger partial charge >= 0.3 is 0 Å². The highest BCUT2D eigenvalue weighted by Gasteiger charge is 2.22. The van der Waals surface area contributed by atoms with Crippen LogP contribution in [0.4, 0.5) is 0 Å². The smallest absolute Gasteiger partial charge is 0.164 e. The van der Waals surface area contributed by atoms with Crippen LogP contribution in [0.25, 0.3) is 67.5 Å². The van der Waals surface area contributed by atoms with Crippen molar-refractivity contribution in [2.45, 2.75) is 25.2 Å². The maximum atomic E-state index is 6.43. The molecule has 0 bridgehead atoms. The van der Waals surface area contributed by atoms with Crippen molar-refractivity contribution >= 4 is 33.6 Å². The van der Waals surface area contributed by atoms with Crippen molar-refractivity contribution in [2.24, 2.45) is 0 Å². The Morgan fingerprint density at radius 1 is 0.596 bits per heavy atom. The third kappa shape index (κ3) is 4.99. The molecule has 0 amide bonds. The lowest BCUT2D eigenvalue weighted by atomic mass is 9.89. The molecule has 47 heavy (non-hydrogen) atoms. The number of aromatic nitrogens is 3. The molecule has 1 atom stereocenters. The average molecular weight is 606 g/mol. The van der Waals surface area contributed by atoms with Gasteiger partial charge in [0.25, 0.3) is 0 Å². The monoisotopic (exact) mass is 605 g/mol. The maximum absolute atomic E-state index is 6.43. The molecule has 0 spiro atoms. The lowest BCUT2D eigenvalue weighted by molar-refractivity contribution is 0.669. The summed E-state index contributed by atoms with van der Waals surface area (Å²) in [5.74, 6) is 2.11. The van der Waals surface area contributed by atoms with Crippen LogP contribution in [0.3, 0.4) is 0 Å². The summed E-state index contributed by atoms with van der Waals surface area (Å²) in [5, 5.41) is 2.08. The highest BCUT2D eigenvalue weighted by atomic mass is 16.3. The molecular formula is C43H31N3O. The van der Waals surface area contributed by atoms with Crippen molar-refractivity contribution in [3.8, 4) is 33.9 Å². The van der Waals surface area contributed by atoms with E-state index >= 15 is 0 Å². The number of nitrogens with zero attached hydrogens (tertiary/aromatic N) is 3. The number of allylic oxidation sites excluding steroid dienone is 5. The first kappa shape index (κ1) is 27.4. The molecule has 0 radical (unpaired) electrons. The second kappa shape index (κ2) is 11.5. The van der Waals surface area contributed by atoms with E-state index in [4.69, 9.17) is 19.4 Å². The standard InChI is InChI=1S/C43H31N3O/c1-3-12-30(13-4-1)35-17-9-19-37-39(35)40-36(18-10-20-38(40)47-37)43-45-41(31-14-5-2-6-15-31)44-42(46-43)32-24-21-29(22-25-32)34-26-23-28-11-7-8-16-33(28)27-34/h1-6,8-10,12-24,26-27,32H,7,11,25H2. The third-order valence-electron chi connectivity index (χ3n) is 9.32. The first-order valence-electron chi connectivity index (χ1n) is 16.3. The van der Waals surface area contributed by atoms with Crippen LogP contribution in [0.5, 0.6) is 0 Å². The second-order valence-corrected chi connectivity index (χ2v) is 12.2. The fourth-order valence-corrected chi connectivity index (χ4v) is 6.94. The summed E-state index contributed by atoms with van der Waals surface area (Å²) in [4.78, 5) is 15.4. The summed E-state index contributed by atoms with van der Waals surface area (Å²) >= 11 is 0. The zero-order valence-corrected chi connectivity index (χ0v) is 25.8. The van der Waals surface area contributed by atoms with E-state index in [0.29, 0.717) is 11.6 Å². The molecule has 2 aliphatic carbocycles. The van der Waals surface area contributed by atoms with Crippen molar-refractivity contribution in [3.63, 3.8) is 0 Å². The number of benzene rings is 5. The van der Waals surface area contributed by atoms with Gasteiger partial charge in [0.2, 0.25) is 0 Å². The highest BCUT2D eigenvalue weighted by Crippen LogP contribution is 2.41. The van der Waals surface area contributed by atoms with E-state index in [1.165, 1.54) is 22.3 Å². The van der Waals surface area contributed by atoms with Gasteiger partial charge in [0.05, 0.1) is 0 Å². The minimum atomic E-state index is 0.0284. The molecule has 224 valence electrons. The van der Waals surface area contributed by atoms with Crippen molar-refractivity contribution in [3.05, 3.63) is 162 Å². The van der Waals surface area contributed by atoms with Crippen LogP contribution >= 0.6 is 0 Å². The molecule has 0 saturated heterocycles. The van der Waals surface area contributed by atoms with Crippen LogP contribution in [0.2, 0.25) is 0 Å². The Kier molecular flexibility index (Phi) is 6.71. The molecular weight excluding hydrogens is 574 g/mol. The molecule has 2 heterocycles. The zero-order valence-electron chi connectivity index (χ0n) is 25.8. The molecule has 7 aromatic rings. The van der Waals surface area contributed by atoms with Gasteiger partial charge in [0, 0.05) is 27.8 Å². The van der Waals surface area contributed by atoms with Gasteiger partial charge in [-0.25, -0.2) is 15.0 Å². The summed E-state index contributed by atoms with van der Waals surface area (Å²) in [6.07, 6.45) is 14.4. The minimum absolute atomic E-state index is 0.0284. The zero-order chi connectivity index (χ0) is 31.2. The Morgan fingerprint density at radius 3 is 2.09 bits per heavy atom. The van der Waals surface area contributed by atoms with Gasteiger partial charge in [-0.3, -0.25) is 0 Å². The number of hydrogen-bond acceptors (Lipinski definition) is 4. The van der Waals surface area contributed by atoms with Crippen molar-refractivity contribution < 1.29 is 4.42 Å². The van der Waals surface area contributed by atoms with Crippen LogP contribution in [-0.2, 0) is 6.42 Å². The van der Waals surface area contributed by atoms with E-state index in [9.17, 15) is 0 Å². The first-order chi connectivity index (χ1) is 23.3. The van der Waals surface area contributed by atoms with Gasteiger partial charge in [0.1, 0.15) is 17.0 Å². The fourth-order valence-electron chi connectivity index (χ4n) is 6.94. The molecule has 0 aliphatic heterocycles. The van der Waals surface area contributed by atoms with Gasteiger partial charge in [-0.05, 0) is 70.9 Å². The van der Waals surface area contributed by atoms with E-state index < -0.39 is 0 Å². The normalized spacial score (nSPS) is 15.6. The van der Waals surface area contributed by atoms with Crippen LogP contribution in [0.15, 0.2) is 144 Å². The second-order valence-electron chi connectivity index (χ2n) is 12.2. The summed E-state index contributed by atoms with van der Waals surface area (Å²) in [6, 6.07) is 39.9. The first-order valence-corrected chi connectivity index (χ1v) is 16.3. The Morgan fingerprint density at radius 2 is 1.32 bits per heavy atom. The predicted octanol–water partition coefficient (Wildman–Crippen LogP) is 10.9. The summed E-state index contributed by atoms with van der Waals surface area (Å²) in [7, 11) is 0. The Labute approximate surface area is 273 Å². The number of aryl methyl sites for hydroxylation is 1. The molecule has 9 rings (SSSR count). The third-order valence-corrected chi connectivity index (χ3v) is 9.32. The Hall–Kier alpha value is -5.87. The lowest BCUT2D eigenvalue weighted by Gasteiger charge is -2.18. The quantitative estimate of drug-likeness (QED) is 0.196. The van der Waals surface area contributed by atoms with Crippen LogP contribution in [-0.4, -0.2) is 15.0 Å². The van der Waals surface area contributed by atoms with Gasteiger partial charge < -0.3 is 4.42 Å². The van der Waals surface area contributed by atoms with Crippen LogP contribution < -0.4 is 0 Å². The van der Waals surface area contributed by atoms with Gasteiger partial charge in [0.15, 0.2) is 11.6 Å². The largest absolute Gasteiger partial charge is 0.456 e. The topological polar surface area (TPSA) is 51.8 Å². The number of hydrogen-bond donors (Lipinski definition) is 0. The average Bonchev–Trinajstić information content (AvgIpc) is 3.54. The van der Waals surface area contributed by atoms with E-state index in [2.05, 4.69) is 103 Å². The van der Waals surface area contributed by atoms with E-state index in [0.717, 1.165) is 69.3 Å². The minimum Gasteiger partial charge on any atom is -0.456 e. The van der Waals surface area contributed by atoms with Crippen molar-refractivity contribution in [1.29, 1.82) is 0 Å². The molecule has 5 aromatic carbocycles. The van der Waals surface area contributed by atoms with Gasteiger partial charge in [-0.2, -0.15) is 0 Å².